The maximum absolute atomic E-state index is 5.71. The summed E-state index contributed by atoms with van der Waals surface area (Å²) in [4.78, 5) is 0. The lowest BCUT2D eigenvalue weighted by molar-refractivity contribution is 0.710. The van der Waals surface area contributed by atoms with Gasteiger partial charge in [-0.1, -0.05) is 19.8 Å². The normalized spacial score (nSPS) is 13.9. The molecule has 0 spiro atoms. The van der Waals surface area contributed by atoms with Crippen LogP contribution in [0.2, 0.25) is 0 Å². The molecule has 0 aliphatic carbocycles. The molecule has 8 heavy (non-hydrogen) atoms. The molecule has 0 unspecified atom stereocenters. The Hall–Kier alpha value is 0.580. The van der Waals surface area contributed by atoms with E-state index in [0.717, 1.165) is 6.42 Å². The van der Waals surface area contributed by atoms with E-state index in [1.54, 1.807) is 0 Å². The molecule has 0 aromatic rings. The summed E-state index contributed by atoms with van der Waals surface area (Å²) in [5.41, 5.74) is 0. The molecule has 0 fully saturated rings. The first-order valence-corrected chi connectivity index (χ1v) is 3.98. The standard InChI is InChI=1S/C6H12Cl2/c1-2-3-4-6(8)5-7/h6H,2-5H2,1H3/t6-/m1/s1. The number of hydrogen-bond acceptors (Lipinski definition) is 0. The molecule has 0 amide bonds. The van der Waals surface area contributed by atoms with Gasteiger partial charge in [-0.25, -0.2) is 0 Å². The lowest BCUT2D eigenvalue weighted by Gasteiger charge is -2.00. The fourth-order valence-electron chi connectivity index (χ4n) is 0.503. The topological polar surface area (TPSA) is 0 Å². The summed E-state index contributed by atoms with van der Waals surface area (Å²) < 4.78 is 0. The van der Waals surface area contributed by atoms with E-state index in [1.165, 1.54) is 12.8 Å². The summed E-state index contributed by atoms with van der Waals surface area (Å²) in [6, 6.07) is 0. The molecule has 0 aromatic heterocycles. The highest BCUT2D eigenvalue weighted by atomic mass is 35.5. The van der Waals surface area contributed by atoms with Crippen LogP contribution in [0, 0.1) is 0 Å². The van der Waals surface area contributed by atoms with Crippen LogP contribution in [-0.2, 0) is 0 Å². The third-order valence-electron chi connectivity index (χ3n) is 1.04. The second-order valence-corrected chi connectivity index (χ2v) is 2.82. The summed E-state index contributed by atoms with van der Waals surface area (Å²) in [5.74, 6) is 0.585. The molecule has 0 bridgehead atoms. The number of hydrogen-bond donors (Lipinski definition) is 0. The Labute approximate surface area is 61.2 Å². The summed E-state index contributed by atoms with van der Waals surface area (Å²) in [6.07, 6.45) is 3.46. The molecule has 0 heterocycles. The minimum absolute atomic E-state index is 0.191. The summed E-state index contributed by atoms with van der Waals surface area (Å²) in [7, 11) is 0. The Morgan fingerprint density at radius 2 is 2.12 bits per heavy atom. The van der Waals surface area contributed by atoms with Gasteiger partial charge in [0.15, 0.2) is 0 Å². The van der Waals surface area contributed by atoms with E-state index in [0.29, 0.717) is 5.88 Å². The van der Waals surface area contributed by atoms with Gasteiger partial charge in [0.25, 0.3) is 0 Å². The molecule has 0 aliphatic heterocycles. The Morgan fingerprint density at radius 1 is 1.50 bits per heavy atom. The highest BCUT2D eigenvalue weighted by Crippen LogP contribution is 2.07. The van der Waals surface area contributed by atoms with Crippen molar-refractivity contribution >= 4 is 23.2 Å². The molecule has 0 rings (SSSR count). The zero-order chi connectivity index (χ0) is 6.41. The van der Waals surface area contributed by atoms with Gasteiger partial charge in [-0.15, -0.1) is 23.2 Å². The van der Waals surface area contributed by atoms with Gasteiger partial charge in [-0.05, 0) is 6.42 Å². The molecular weight excluding hydrogens is 143 g/mol. The summed E-state index contributed by atoms with van der Waals surface area (Å²) in [5, 5.41) is 0.191. The van der Waals surface area contributed by atoms with Gasteiger partial charge in [0, 0.05) is 11.3 Å². The lowest BCUT2D eigenvalue weighted by atomic mass is 10.2. The first kappa shape index (κ1) is 8.58. The van der Waals surface area contributed by atoms with Crippen molar-refractivity contribution in [2.24, 2.45) is 0 Å². The second kappa shape index (κ2) is 5.71. The van der Waals surface area contributed by atoms with E-state index < -0.39 is 0 Å². The van der Waals surface area contributed by atoms with Gasteiger partial charge in [0.05, 0.1) is 0 Å². The van der Waals surface area contributed by atoms with E-state index in [-0.39, 0.29) is 5.38 Å². The maximum atomic E-state index is 5.71. The molecule has 0 saturated carbocycles. The number of rotatable bonds is 4. The lowest BCUT2D eigenvalue weighted by Crippen LogP contribution is -1.98. The van der Waals surface area contributed by atoms with Crippen LogP contribution in [0.1, 0.15) is 26.2 Å². The van der Waals surface area contributed by atoms with Gasteiger partial charge in [0.2, 0.25) is 0 Å². The predicted molar refractivity (Wildman–Crippen MR) is 39.9 cm³/mol. The van der Waals surface area contributed by atoms with Crippen LogP contribution in [0.15, 0.2) is 0 Å². The molecule has 50 valence electrons. The quantitative estimate of drug-likeness (QED) is 0.547. The van der Waals surface area contributed by atoms with E-state index in [2.05, 4.69) is 6.92 Å². The first-order valence-electron chi connectivity index (χ1n) is 3.01. The molecule has 0 aromatic carbocycles. The van der Waals surface area contributed by atoms with Crippen molar-refractivity contribution in [1.82, 2.24) is 0 Å². The Kier molecular flexibility index (Phi) is 6.13. The largest absolute Gasteiger partial charge is 0.125 e. The van der Waals surface area contributed by atoms with Crippen molar-refractivity contribution in [1.29, 1.82) is 0 Å². The van der Waals surface area contributed by atoms with Crippen LogP contribution >= 0.6 is 23.2 Å². The van der Waals surface area contributed by atoms with Crippen molar-refractivity contribution < 1.29 is 0 Å². The van der Waals surface area contributed by atoms with Crippen molar-refractivity contribution in [2.75, 3.05) is 5.88 Å². The molecule has 0 aliphatic rings. The molecule has 0 N–H and O–H groups in total. The van der Waals surface area contributed by atoms with Crippen molar-refractivity contribution in [3.8, 4) is 0 Å². The highest BCUT2D eigenvalue weighted by molar-refractivity contribution is 6.28. The number of alkyl halides is 2. The fourth-order valence-corrected chi connectivity index (χ4v) is 0.811. The third-order valence-corrected chi connectivity index (χ3v) is 1.94. The molecule has 0 saturated heterocycles. The third kappa shape index (κ3) is 4.73. The fraction of sp³-hybridized carbons (Fsp3) is 1.00. The predicted octanol–water partition coefficient (Wildman–Crippen LogP) is 3.02. The van der Waals surface area contributed by atoms with Crippen LogP contribution in [0.4, 0.5) is 0 Å². The number of unbranched alkanes of at least 4 members (excludes halogenated alkanes) is 1. The number of halogens is 2. The van der Waals surface area contributed by atoms with Gasteiger partial charge in [0.1, 0.15) is 0 Å². The van der Waals surface area contributed by atoms with Crippen molar-refractivity contribution in [2.45, 2.75) is 31.6 Å². The SMILES string of the molecule is CCCC[C@@H](Cl)CCl. The van der Waals surface area contributed by atoms with Crippen LogP contribution in [0.25, 0.3) is 0 Å². The van der Waals surface area contributed by atoms with E-state index in [4.69, 9.17) is 23.2 Å². The monoisotopic (exact) mass is 154 g/mol. The molecule has 1 atom stereocenters. The maximum Gasteiger partial charge on any atom is 0.0471 e. The van der Waals surface area contributed by atoms with Gasteiger partial charge >= 0.3 is 0 Å². The van der Waals surface area contributed by atoms with Crippen LogP contribution in [-0.4, -0.2) is 11.3 Å². The van der Waals surface area contributed by atoms with Crippen molar-refractivity contribution in [3.63, 3.8) is 0 Å². The average Bonchev–Trinajstić information content (AvgIpc) is 1.83. The second-order valence-electron chi connectivity index (χ2n) is 1.89. The molecule has 2 heteroatoms. The molecule has 0 nitrogen and oxygen atoms in total. The van der Waals surface area contributed by atoms with Gasteiger partial charge in [-0.3, -0.25) is 0 Å². The zero-order valence-electron chi connectivity index (χ0n) is 5.16. The highest BCUT2D eigenvalue weighted by Gasteiger charge is 1.98. The Morgan fingerprint density at radius 3 is 2.50 bits per heavy atom. The Bertz CT molecular complexity index is 45.8. The van der Waals surface area contributed by atoms with E-state index >= 15 is 0 Å². The van der Waals surface area contributed by atoms with Gasteiger partial charge < -0.3 is 0 Å². The first-order chi connectivity index (χ1) is 3.81. The zero-order valence-corrected chi connectivity index (χ0v) is 6.67. The summed E-state index contributed by atoms with van der Waals surface area (Å²) >= 11 is 11.2. The Balaban J connectivity index is 2.86. The minimum atomic E-state index is 0.191. The average molecular weight is 155 g/mol. The molecule has 0 radical (unpaired) electrons. The van der Waals surface area contributed by atoms with E-state index in [9.17, 15) is 0 Å². The minimum Gasteiger partial charge on any atom is -0.125 e. The van der Waals surface area contributed by atoms with E-state index in [1.807, 2.05) is 0 Å². The van der Waals surface area contributed by atoms with Crippen LogP contribution in [0.3, 0.4) is 0 Å². The van der Waals surface area contributed by atoms with Crippen molar-refractivity contribution in [3.05, 3.63) is 0 Å². The molecular formula is C6H12Cl2. The van der Waals surface area contributed by atoms with Gasteiger partial charge in [-0.2, -0.15) is 0 Å². The van der Waals surface area contributed by atoms with Crippen LogP contribution in [0.5, 0.6) is 0 Å². The smallest absolute Gasteiger partial charge is 0.0471 e. The van der Waals surface area contributed by atoms with Crippen LogP contribution < -0.4 is 0 Å². The summed E-state index contributed by atoms with van der Waals surface area (Å²) in [6.45, 7) is 2.15.